The summed E-state index contributed by atoms with van der Waals surface area (Å²) >= 11 is 0. The molecule has 2 aromatic rings. The number of carbonyl (C=O) groups is 4. The predicted octanol–water partition coefficient (Wildman–Crippen LogP) is 2.43. The van der Waals surface area contributed by atoms with Gasteiger partial charge in [0, 0.05) is 25.4 Å². The first-order valence-corrected chi connectivity index (χ1v) is 14.8. The van der Waals surface area contributed by atoms with E-state index in [1.54, 1.807) is 60.9 Å². The zero-order chi connectivity index (χ0) is 35.3. The number of carbonyl (C=O) groups excluding carboxylic acids is 4. The van der Waals surface area contributed by atoms with Crippen molar-refractivity contribution in [1.29, 1.82) is 0 Å². The summed E-state index contributed by atoms with van der Waals surface area (Å²) in [6.07, 6.45) is -0.798. The SMILES string of the molecule is COC(=O)NC(C(=O)NCC1CN(NC(=O)C(NC(=O)OC)C(C)(C)C)N(c2c(F)cc(-c3ccn(C)n3)cc2F)CO1)C(C)(C)C. The highest BCUT2D eigenvalue weighted by Crippen LogP contribution is 2.31. The summed E-state index contributed by atoms with van der Waals surface area (Å²) in [5.74, 6) is -3.15. The highest BCUT2D eigenvalue weighted by Gasteiger charge is 2.39. The largest absolute Gasteiger partial charge is 0.453 e. The van der Waals surface area contributed by atoms with Crippen molar-refractivity contribution >= 4 is 29.7 Å². The molecule has 1 aliphatic rings. The number of amides is 4. The number of aromatic nitrogens is 2. The van der Waals surface area contributed by atoms with E-state index in [2.05, 4.69) is 35.9 Å². The number of rotatable bonds is 9. The second-order valence-corrected chi connectivity index (χ2v) is 13.2. The fraction of sp³-hybridized carbons (Fsp3) is 0.567. The van der Waals surface area contributed by atoms with Gasteiger partial charge in [0.15, 0.2) is 11.6 Å². The van der Waals surface area contributed by atoms with Gasteiger partial charge in [0.2, 0.25) is 5.91 Å². The number of hydrogen-bond donors (Lipinski definition) is 4. The van der Waals surface area contributed by atoms with Gasteiger partial charge in [0.25, 0.3) is 5.91 Å². The van der Waals surface area contributed by atoms with Crippen LogP contribution in [0.4, 0.5) is 24.1 Å². The Balaban J connectivity index is 1.91. The molecule has 3 unspecified atom stereocenters. The van der Waals surface area contributed by atoms with Gasteiger partial charge < -0.3 is 30.2 Å². The average Bonchev–Trinajstić information content (AvgIpc) is 3.42. The van der Waals surface area contributed by atoms with Crippen molar-refractivity contribution in [2.75, 3.05) is 39.0 Å². The quantitative estimate of drug-likeness (QED) is 0.312. The Labute approximate surface area is 272 Å². The molecule has 1 fully saturated rings. The first kappa shape index (κ1) is 37.0. The summed E-state index contributed by atoms with van der Waals surface area (Å²) in [4.78, 5) is 50.6. The summed E-state index contributed by atoms with van der Waals surface area (Å²) in [5, 5.41) is 14.2. The highest BCUT2D eigenvalue weighted by molar-refractivity contribution is 5.87. The van der Waals surface area contributed by atoms with Gasteiger partial charge in [-0.3, -0.25) is 24.7 Å². The molecule has 2 heterocycles. The summed E-state index contributed by atoms with van der Waals surface area (Å²) < 4.78 is 48.0. The molecule has 15 nitrogen and oxygen atoms in total. The minimum absolute atomic E-state index is 0.0961. The smallest absolute Gasteiger partial charge is 0.407 e. The lowest BCUT2D eigenvalue weighted by atomic mass is 9.86. The molecule has 3 atom stereocenters. The number of aryl methyl sites for hydroxylation is 1. The molecule has 1 aliphatic heterocycles. The number of methoxy groups -OCH3 is 2. The fourth-order valence-corrected chi connectivity index (χ4v) is 4.75. The molecule has 0 bridgehead atoms. The molecule has 3 rings (SSSR count). The molecule has 4 amide bonds. The Morgan fingerprint density at radius 2 is 1.49 bits per heavy atom. The van der Waals surface area contributed by atoms with E-state index in [0.717, 1.165) is 29.4 Å². The molecule has 260 valence electrons. The molecule has 0 aliphatic carbocycles. The number of halogens is 2. The number of nitrogens with zero attached hydrogens (tertiary/aromatic N) is 4. The van der Waals surface area contributed by atoms with Crippen LogP contribution in [0.15, 0.2) is 24.4 Å². The maximum absolute atomic E-state index is 15.7. The number of ether oxygens (including phenoxy) is 3. The van der Waals surface area contributed by atoms with Gasteiger partial charge >= 0.3 is 12.2 Å². The van der Waals surface area contributed by atoms with E-state index in [-0.39, 0.29) is 18.7 Å². The fourth-order valence-electron chi connectivity index (χ4n) is 4.75. The van der Waals surface area contributed by atoms with Crippen molar-refractivity contribution in [2.45, 2.75) is 59.7 Å². The maximum atomic E-state index is 15.7. The van der Waals surface area contributed by atoms with Gasteiger partial charge in [-0.2, -0.15) is 5.10 Å². The van der Waals surface area contributed by atoms with Crippen LogP contribution >= 0.6 is 0 Å². The summed E-state index contributed by atoms with van der Waals surface area (Å²) in [5.41, 5.74) is 1.18. The summed E-state index contributed by atoms with van der Waals surface area (Å²) in [6, 6.07) is 1.74. The van der Waals surface area contributed by atoms with Crippen LogP contribution in [-0.4, -0.2) is 91.1 Å². The lowest BCUT2D eigenvalue weighted by Gasteiger charge is -2.44. The van der Waals surface area contributed by atoms with Gasteiger partial charge in [-0.1, -0.05) is 41.5 Å². The second kappa shape index (κ2) is 14.9. The number of hydrazine groups is 2. The molecule has 0 radical (unpaired) electrons. The van der Waals surface area contributed by atoms with E-state index < -0.39 is 77.1 Å². The Kier molecular flexibility index (Phi) is 11.7. The van der Waals surface area contributed by atoms with Crippen LogP contribution in [-0.2, 0) is 30.8 Å². The van der Waals surface area contributed by atoms with Crippen molar-refractivity contribution in [3.8, 4) is 11.3 Å². The number of alkyl carbamates (subject to hydrolysis) is 2. The second-order valence-electron chi connectivity index (χ2n) is 13.2. The summed E-state index contributed by atoms with van der Waals surface area (Å²) in [7, 11) is 4.01. The number of nitrogens with one attached hydrogen (secondary N) is 4. The molecular formula is C30H44F2N8O7. The number of benzene rings is 1. The van der Waals surface area contributed by atoms with Crippen LogP contribution in [0, 0.1) is 22.5 Å². The Morgan fingerprint density at radius 3 is 1.96 bits per heavy atom. The molecule has 0 spiro atoms. The van der Waals surface area contributed by atoms with Crippen LogP contribution in [0.5, 0.6) is 0 Å². The third-order valence-electron chi connectivity index (χ3n) is 7.28. The lowest BCUT2D eigenvalue weighted by Crippen LogP contribution is -2.66. The van der Waals surface area contributed by atoms with E-state index in [0.29, 0.717) is 5.69 Å². The van der Waals surface area contributed by atoms with Crippen molar-refractivity contribution in [3.63, 3.8) is 0 Å². The average molecular weight is 667 g/mol. The molecule has 4 N–H and O–H groups in total. The van der Waals surface area contributed by atoms with Crippen molar-refractivity contribution in [3.05, 3.63) is 36.0 Å². The van der Waals surface area contributed by atoms with E-state index in [1.807, 2.05) is 0 Å². The Hall–Kier alpha value is -4.51. The van der Waals surface area contributed by atoms with Gasteiger partial charge in [-0.05, 0) is 29.0 Å². The van der Waals surface area contributed by atoms with Crippen LogP contribution in [0.25, 0.3) is 11.3 Å². The highest BCUT2D eigenvalue weighted by atomic mass is 19.1. The van der Waals surface area contributed by atoms with Gasteiger partial charge in [0.1, 0.15) is 24.5 Å². The van der Waals surface area contributed by atoms with Crippen molar-refractivity contribution in [1.82, 2.24) is 36.3 Å². The lowest BCUT2D eigenvalue weighted by molar-refractivity contribution is -0.137. The van der Waals surface area contributed by atoms with E-state index in [1.165, 1.54) is 11.8 Å². The van der Waals surface area contributed by atoms with Crippen LogP contribution < -0.4 is 26.4 Å². The molecule has 17 heteroatoms. The number of hydrogen-bond acceptors (Lipinski definition) is 10. The van der Waals surface area contributed by atoms with E-state index >= 15 is 8.78 Å². The van der Waals surface area contributed by atoms with Crippen molar-refractivity contribution < 1.29 is 42.2 Å². The topological polar surface area (TPSA) is 168 Å². The Morgan fingerprint density at radius 1 is 0.957 bits per heavy atom. The standard InChI is InChI=1S/C30H44F2N8O7/c1-29(2,3)23(34-27(43)45-8)25(41)33-14-18-15-40(37-26(42)24(30(4,5)6)35-28(44)46-9)39(16-47-18)22-19(31)12-17(13-20(22)32)21-10-11-38(7)36-21/h10-13,18,23-24H,14-16H2,1-9H3,(H,33,41)(H,34,43)(H,35,44)(H,37,42). The minimum atomic E-state index is -1.13. The number of anilines is 1. The minimum Gasteiger partial charge on any atom is -0.453 e. The van der Waals surface area contributed by atoms with Gasteiger partial charge in [0.05, 0.1) is 32.6 Å². The van der Waals surface area contributed by atoms with E-state index in [4.69, 9.17) is 4.74 Å². The third-order valence-corrected chi connectivity index (χ3v) is 7.28. The molecule has 47 heavy (non-hydrogen) atoms. The first-order valence-electron chi connectivity index (χ1n) is 14.8. The monoisotopic (exact) mass is 666 g/mol. The first-order chi connectivity index (χ1) is 21.8. The van der Waals surface area contributed by atoms with Crippen LogP contribution in [0.2, 0.25) is 0 Å². The molecule has 1 saturated heterocycles. The zero-order valence-corrected chi connectivity index (χ0v) is 28.1. The summed E-state index contributed by atoms with van der Waals surface area (Å²) in [6.45, 7) is 9.70. The maximum Gasteiger partial charge on any atom is 0.407 e. The third kappa shape index (κ3) is 9.51. The molecule has 1 aromatic heterocycles. The molecular weight excluding hydrogens is 622 g/mol. The molecule has 1 aromatic carbocycles. The Bertz CT molecular complexity index is 1430. The van der Waals surface area contributed by atoms with E-state index in [9.17, 15) is 19.2 Å². The van der Waals surface area contributed by atoms with Gasteiger partial charge in [-0.15, -0.1) is 5.12 Å². The van der Waals surface area contributed by atoms with Gasteiger partial charge in [-0.25, -0.2) is 18.4 Å². The van der Waals surface area contributed by atoms with Crippen LogP contribution in [0.1, 0.15) is 41.5 Å². The normalized spacial score (nSPS) is 16.9. The predicted molar refractivity (Wildman–Crippen MR) is 166 cm³/mol. The van der Waals surface area contributed by atoms with Crippen molar-refractivity contribution in [2.24, 2.45) is 17.9 Å². The van der Waals surface area contributed by atoms with Crippen LogP contribution in [0.3, 0.4) is 0 Å². The zero-order valence-electron chi connectivity index (χ0n) is 28.1. The molecule has 0 saturated carbocycles.